The van der Waals surface area contributed by atoms with Crippen molar-refractivity contribution in [2.24, 2.45) is 0 Å². The van der Waals surface area contributed by atoms with Crippen LogP contribution in [0.1, 0.15) is 123 Å². The number of carboxylic acids is 1. The van der Waals surface area contributed by atoms with Crippen LogP contribution in [-0.2, 0) is 33.3 Å². The van der Waals surface area contributed by atoms with Gasteiger partial charge in [0.05, 0.1) is 34.4 Å². The number of carboxylic acid groups (broad SMARTS) is 1. The summed E-state index contributed by atoms with van der Waals surface area (Å²) in [4.78, 5) is 36.6. The minimum atomic E-state index is -1.51. The molecule has 0 saturated heterocycles. The van der Waals surface area contributed by atoms with E-state index in [1.807, 2.05) is 21.1 Å². The average Bonchev–Trinajstić information content (AvgIpc) is 3.03. The van der Waals surface area contributed by atoms with Crippen LogP contribution < -0.4 is 0 Å². The van der Waals surface area contributed by atoms with Crippen LogP contribution in [-0.4, -0.2) is 87.4 Å². The Balaban J connectivity index is 4.53. The SMILES string of the molecule is CC/C=C\C/C=C\C/C=C\C/C=C\CCCCCCC(=O)OC(COC(=O)CCCCCCCC)COC(OCC[N+](C)(C)C)C(=O)O. The first kappa shape index (κ1) is 45.2. The molecule has 0 bridgehead atoms. The largest absolute Gasteiger partial charge is 0.477 e. The van der Waals surface area contributed by atoms with E-state index in [-0.39, 0.29) is 32.2 Å². The number of hydrogen-bond donors (Lipinski definition) is 1. The van der Waals surface area contributed by atoms with Crippen LogP contribution in [0.25, 0.3) is 0 Å². The van der Waals surface area contributed by atoms with Crippen LogP contribution in [0.3, 0.4) is 0 Å². The predicted molar refractivity (Wildman–Crippen MR) is 193 cm³/mol. The quantitative estimate of drug-likeness (QED) is 0.0248. The summed E-state index contributed by atoms with van der Waals surface area (Å²) in [5.74, 6) is -2.06. The zero-order chi connectivity index (χ0) is 35.7. The molecule has 0 aliphatic rings. The van der Waals surface area contributed by atoms with Crippen LogP contribution in [0, 0.1) is 0 Å². The monoisotopic (exact) mass is 678 g/mol. The molecule has 1 N–H and O–H groups in total. The highest BCUT2D eigenvalue weighted by atomic mass is 16.7. The molecule has 0 radical (unpaired) electrons. The van der Waals surface area contributed by atoms with Crippen molar-refractivity contribution < 1.29 is 42.9 Å². The Morgan fingerprint density at radius 1 is 0.646 bits per heavy atom. The molecule has 0 aliphatic carbocycles. The molecule has 0 aromatic carbocycles. The molecule has 0 aromatic rings. The molecule has 0 aliphatic heterocycles. The van der Waals surface area contributed by atoms with Crippen molar-refractivity contribution in [2.75, 3.05) is 47.5 Å². The Labute approximate surface area is 292 Å². The molecular weight excluding hydrogens is 610 g/mol. The van der Waals surface area contributed by atoms with E-state index in [9.17, 15) is 19.5 Å². The highest BCUT2D eigenvalue weighted by Crippen LogP contribution is 2.11. The van der Waals surface area contributed by atoms with Gasteiger partial charge in [-0.05, 0) is 51.4 Å². The van der Waals surface area contributed by atoms with Gasteiger partial charge in [0.25, 0.3) is 6.29 Å². The van der Waals surface area contributed by atoms with E-state index in [1.54, 1.807) is 0 Å². The van der Waals surface area contributed by atoms with Crippen molar-refractivity contribution in [2.45, 2.75) is 135 Å². The lowest BCUT2D eigenvalue weighted by Gasteiger charge is -2.25. The van der Waals surface area contributed by atoms with Crippen molar-refractivity contribution >= 4 is 17.9 Å². The third-order valence-electron chi connectivity index (χ3n) is 7.35. The number of quaternary nitrogens is 1. The van der Waals surface area contributed by atoms with E-state index in [2.05, 4.69) is 62.5 Å². The number of nitrogens with zero attached hydrogens (tertiary/aromatic N) is 1. The summed E-state index contributed by atoms with van der Waals surface area (Å²) in [5, 5.41) is 9.55. The summed E-state index contributed by atoms with van der Waals surface area (Å²) in [6.45, 7) is 4.62. The molecule has 2 atom stereocenters. The summed E-state index contributed by atoms with van der Waals surface area (Å²) in [6, 6.07) is 0. The topological polar surface area (TPSA) is 108 Å². The van der Waals surface area contributed by atoms with Crippen LogP contribution in [0.4, 0.5) is 0 Å². The molecule has 48 heavy (non-hydrogen) atoms. The molecule has 2 unspecified atom stereocenters. The van der Waals surface area contributed by atoms with Gasteiger partial charge in [-0.3, -0.25) is 9.59 Å². The standard InChI is InChI=1S/C39H67NO8/c1-6-8-10-12-14-15-16-17-18-19-20-21-22-23-24-26-28-30-37(42)48-35(33-46-36(41)29-27-25-13-11-9-7-2)34-47-39(38(43)44)45-32-31-40(3,4)5/h8,10,14-15,17-18,20-21,35,39H,6-7,9,11-13,16,19,22-34H2,1-5H3/p+1/b10-8-,15-14-,18-17-,21-20-. The van der Waals surface area contributed by atoms with Gasteiger partial charge in [0.2, 0.25) is 0 Å². The number of unbranched alkanes of at least 4 members (excludes halogenated alkanes) is 9. The summed E-state index contributed by atoms with van der Waals surface area (Å²) in [5.41, 5.74) is 0. The fourth-order valence-electron chi connectivity index (χ4n) is 4.47. The second-order valence-corrected chi connectivity index (χ2v) is 13.2. The lowest BCUT2D eigenvalue weighted by atomic mass is 10.1. The fourth-order valence-corrected chi connectivity index (χ4v) is 4.47. The highest BCUT2D eigenvalue weighted by molar-refractivity contribution is 5.71. The van der Waals surface area contributed by atoms with Crippen molar-refractivity contribution in [3.63, 3.8) is 0 Å². The normalized spacial score (nSPS) is 13.6. The number of likely N-dealkylation sites (N-methyl/N-ethyl adjacent to an activating group) is 1. The molecular formula is C39H68NO8+. The molecule has 0 heterocycles. The average molecular weight is 679 g/mol. The van der Waals surface area contributed by atoms with E-state index in [1.165, 1.54) is 12.8 Å². The second kappa shape index (κ2) is 31.5. The molecule has 9 nitrogen and oxygen atoms in total. The number of esters is 2. The van der Waals surface area contributed by atoms with Crippen LogP contribution in [0.15, 0.2) is 48.6 Å². The minimum absolute atomic E-state index is 0.181. The Kier molecular flexibility index (Phi) is 29.7. The number of ether oxygens (including phenoxy) is 4. The zero-order valence-electron chi connectivity index (χ0n) is 30.9. The van der Waals surface area contributed by atoms with E-state index >= 15 is 0 Å². The molecule has 276 valence electrons. The van der Waals surface area contributed by atoms with Gasteiger partial charge < -0.3 is 28.5 Å². The molecule has 0 rings (SSSR count). The first-order valence-corrected chi connectivity index (χ1v) is 18.3. The van der Waals surface area contributed by atoms with Crippen molar-refractivity contribution in [3.8, 4) is 0 Å². The fraction of sp³-hybridized carbons (Fsp3) is 0.718. The third-order valence-corrected chi connectivity index (χ3v) is 7.35. The van der Waals surface area contributed by atoms with Crippen molar-refractivity contribution in [1.82, 2.24) is 0 Å². The second-order valence-electron chi connectivity index (χ2n) is 13.2. The summed E-state index contributed by atoms with van der Waals surface area (Å²) in [7, 11) is 5.92. The maximum atomic E-state index is 12.6. The molecule has 0 spiro atoms. The van der Waals surface area contributed by atoms with E-state index in [0.717, 1.165) is 77.0 Å². The van der Waals surface area contributed by atoms with Gasteiger partial charge in [-0.15, -0.1) is 0 Å². The highest BCUT2D eigenvalue weighted by Gasteiger charge is 2.25. The Hall–Kier alpha value is -2.75. The number of carbonyl (C=O) groups excluding carboxylic acids is 2. The van der Waals surface area contributed by atoms with Gasteiger partial charge in [-0.25, -0.2) is 4.79 Å². The minimum Gasteiger partial charge on any atom is -0.477 e. The molecule has 0 fully saturated rings. The zero-order valence-corrected chi connectivity index (χ0v) is 30.9. The Bertz CT molecular complexity index is 935. The summed E-state index contributed by atoms with van der Waals surface area (Å²) < 4.78 is 22.5. The van der Waals surface area contributed by atoms with E-state index < -0.39 is 24.3 Å². The summed E-state index contributed by atoms with van der Waals surface area (Å²) >= 11 is 0. The number of hydrogen-bond acceptors (Lipinski definition) is 7. The molecule has 9 heteroatoms. The molecule has 0 aromatic heterocycles. The first-order valence-electron chi connectivity index (χ1n) is 18.3. The lowest BCUT2D eigenvalue weighted by Crippen LogP contribution is -2.40. The number of allylic oxidation sites excluding steroid dienone is 8. The number of carbonyl (C=O) groups is 3. The number of aliphatic carboxylic acids is 1. The van der Waals surface area contributed by atoms with Crippen molar-refractivity contribution in [1.29, 1.82) is 0 Å². The smallest absolute Gasteiger partial charge is 0.361 e. The van der Waals surface area contributed by atoms with Gasteiger partial charge in [0, 0.05) is 12.8 Å². The van der Waals surface area contributed by atoms with Crippen LogP contribution in [0.2, 0.25) is 0 Å². The Morgan fingerprint density at radius 3 is 1.77 bits per heavy atom. The van der Waals surface area contributed by atoms with Gasteiger partial charge in [0.1, 0.15) is 13.2 Å². The van der Waals surface area contributed by atoms with E-state index in [0.29, 0.717) is 23.9 Å². The predicted octanol–water partition coefficient (Wildman–Crippen LogP) is 8.49. The van der Waals surface area contributed by atoms with Crippen LogP contribution >= 0.6 is 0 Å². The van der Waals surface area contributed by atoms with Crippen molar-refractivity contribution in [3.05, 3.63) is 48.6 Å². The molecule has 0 amide bonds. The maximum Gasteiger partial charge on any atom is 0.361 e. The third kappa shape index (κ3) is 31.8. The van der Waals surface area contributed by atoms with Gasteiger partial charge in [0.15, 0.2) is 6.10 Å². The lowest BCUT2D eigenvalue weighted by molar-refractivity contribution is -0.870. The van der Waals surface area contributed by atoms with E-state index in [4.69, 9.17) is 18.9 Å². The maximum absolute atomic E-state index is 12.6. The van der Waals surface area contributed by atoms with Gasteiger partial charge >= 0.3 is 17.9 Å². The first-order chi connectivity index (χ1) is 23.1. The molecule has 0 saturated carbocycles. The van der Waals surface area contributed by atoms with Crippen LogP contribution in [0.5, 0.6) is 0 Å². The Morgan fingerprint density at radius 2 is 1.19 bits per heavy atom. The van der Waals surface area contributed by atoms with Gasteiger partial charge in [-0.1, -0.05) is 107 Å². The summed E-state index contributed by atoms with van der Waals surface area (Å²) in [6.07, 6.45) is 30.6. The van der Waals surface area contributed by atoms with Gasteiger partial charge in [-0.2, -0.15) is 0 Å². The number of rotatable bonds is 32.